The molecule has 3 aromatic rings. The van der Waals surface area contributed by atoms with Crippen LogP contribution in [0.15, 0.2) is 74.0 Å². The molecule has 0 radical (unpaired) electrons. The largest absolute Gasteiger partial charge is 0.462 e. The number of aliphatic hydroxyl groups excluding tert-OH is 1. The lowest BCUT2D eigenvalue weighted by Gasteiger charge is -2.25. The van der Waals surface area contributed by atoms with Gasteiger partial charge >= 0.3 is 24.9 Å². The molecule has 25 heteroatoms. The van der Waals surface area contributed by atoms with Crippen molar-refractivity contribution < 1.29 is 55.9 Å². The number of carbonyl (C=O) groups excluding carboxylic acids is 2. The molecule has 1 amide bonds. The number of rotatable bonds is 16. The predicted octanol–water partition coefficient (Wildman–Crippen LogP) is 4.39. The first-order valence-corrected chi connectivity index (χ1v) is 25.6. The maximum absolute atomic E-state index is 15.4. The minimum absolute atomic E-state index is 0. The minimum atomic E-state index is -3.44. The molecule has 2 saturated heterocycles. The normalized spacial score (nSPS) is 26.9. The number of ether oxygens (including phenoxy) is 3. The average Bonchev–Trinajstić information content (AvgIpc) is 3.58. The third kappa shape index (κ3) is 16.5. The van der Waals surface area contributed by atoms with Crippen molar-refractivity contribution in [3.8, 4) is 5.75 Å². The molecule has 1 unspecified atom stereocenters. The highest BCUT2D eigenvalue weighted by atomic mass is 31.2. The van der Waals surface area contributed by atoms with Gasteiger partial charge in [0.1, 0.15) is 11.8 Å². The number of nitrogens with one attached hydrogen (secondary N) is 5. The van der Waals surface area contributed by atoms with Crippen molar-refractivity contribution in [3.63, 3.8) is 0 Å². The number of halogens is 2. The van der Waals surface area contributed by atoms with E-state index in [9.17, 15) is 42.3 Å². The summed E-state index contributed by atoms with van der Waals surface area (Å²) in [6, 6.07) is 9.87. The van der Waals surface area contributed by atoms with E-state index in [1.807, 2.05) is 24.9 Å². The molecule has 0 aliphatic carbocycles. The Morgan fingerprint density at radius 3 is 1.69 bits per heavy atom. The summed E-state index contributed by atoms with van der Waals surface area (Å²) < 4.78 is 83.7. The summed E-state index contributed by atoms with van der Waals surface area (Å²) in [7, 11) is -6.65. The molecule has 0 saturated carbocycles. The fourth-order valence-corrected chi connectivity index (χ4v) is 9.34. The fraction of sp³-hybridized carbons (Fsp3) is 0.628. The van der Waals surface area contributed by atoms with Crippen molar-refractivity contribution >= 4 is 26.9 Å². The zero-order valence-electron chi connectivity index (χ0n) is 39.7. The Hall–Kier alpha value is -4.60. The smallest absolute Gasteiger partial charge is 0.340 e. The van der Waals surface area contributed by atoms with E-state index in [0.717, 1.165) is 27.5 Å². The molecule has 2 aromatic heterocycles. The standard InChI is InChI=1S/C18H29FN3O7P.C13H21N2O3P.C11H15FN2O4.CH4/c1-10(2)28-15(24)12(4)21-30(6,26)27-9-13-11(3)18(5,19)16(29-13)22-8-7-14(23)20-17(22)25;1-10(2)14-11(3)13(16)15-19(4,17)18-12-8-6-5-7-9-12;1-6-7(5-15)18-9(11(6,2)12)14-4-3-8(16)13-10(14)17;/h7-8,10-13,16H,9H2,1-6H3,(H,21,26)(H,20,23,25);5-11,14H,1-4H3,(H,15,16,17);3-4,6-7,9,15H,5H2,1-2H3,(H,13,16,17);1H4/t11-,12+,13-,16-,18-,30-;11?,19-;6-,7-,9-,11-;/m111./s1. The summed E-state index contributed by atoms with van der Waals surface area (Å²) in [5.74, 6) is -1.72. The first-order chi connectivity index (χ1) is 30.9. The third-order valence-electron chi connectivity index (χ3n) is 10.8. The highest BCUT2D eigenvalue weighted by molar-refractivity contribution is 7.57. The third-order valence-corrected chi connectivity index (χ3v) is 13.5. The minimum Gasteiger partial charge on any atom is -0.462 e. The number of esters is 1. The number of hydrogen-bond acceptors (Lipinski definition) is 15. The SMILES string of the molecule is C.CC(C)NC(C)C(=O)N[P@](C)(=O)Oc1ccccc1.CC(C)OC(=O)[C@H](C)N[P@](C)(=O)OC[C@H]1O[C@@H](n2ccc(=O)[nH]c2=O)[C@](C)(F)[C@@H]1C.C[C@@H]1[C@@H](CO)O[C@@H](n2ccc(=O)[nH]c2=O)[C@]1(C)F. The number of para-hydroxylation sites is 1. The lowest BCUT2D eigenvalue weighted by molar-refractivity contribution is -0.149. The molecule has 12 atom stereocenters. The van der Waals surface area contributed by atoms with E-state index < -0.39 is 103 Å². The lowest BCUT2D eigenvalue weighted by atomic mass is 9.90. The lowest BCUT2D eigenvalue weighted by Crippen LogP contribution is -2.44. The molecule has 384 valence electrons. The van der Waals surface area contributed by atoms with Crippen molar-refractivity contribution in [1.82, 2.24) is 34.6 Å². The van der Waals surface area contributed by atoms with Crippen LogP contribution in [-0.2, 0) is 37.5 Å². The quantitative estimate of drug-likeness (QED) is 0.0858. The van der Waals surface area contributed by atoms with Gasteiger partial charge < -0.3 is 33.7 Å². The van der Waals surface area contributed by atoms with Gasteiger partial charge in [0.15, 0.2) is 23.8 Å². The van der Waals surface area contributed by atoms with Gasteiger partial charge in [-0.1, -0.05) is 53.3 Å². The van der Waals surface area contributed by atoms with Crippen molar-refractivity contribution in [2.75, 3.05) is 26.5 Å². The number of carbonyl (C=O) groups is 2. The Labute approximate surface area is 394 Å². The van der Waals surface area contributed by atoms with E-state index in [2.05, 4.69) is 20.5 Å². The number of nitrogens with zero attached hydrogens (tertiary/aromatic N) is 2. The highest BCUT2D eigenvalue weighted by Gasteiger charge is 2.54. The van der Waals surface area contributed by atoms with Gasteiger partial charge in [0.05, 0.1) is 37.6 Å². The van der Waals surface area contributed by atoms with Crippen LogP contribution in [0.1, 0.15) is 89.1 Å². The Morgan fingerprint density at radius 2 is 1.26 bits per heavy atom. The van der Waals surface area contributed by atoms with Crippen molar-refractivity contribution in [2.24, 2.45) is 11.8 Å². The van der Waals surface area contributed by atoms with Gasteiger partial charge in [0.2, 0.25) is 5.91 Å². The van der Waals surface area contributed by atoms with E-state index in [1.165, 1.54) is 40.3 Å². The molecular formula is C43H69F2N7O14P2. The molecule has 0 spiro atoms. The Kier molecular flexibility index (Phi) is 21.7. The second-order valence-corrected chi connectivity index (χ2v) is 21.7. The van der Waals surface area contributed by atoms with Gasteiger partial charge in [0, 0.05) is 55.7 Å². The first kappa shape index (κ1) is 59.5. The summed E-state index contributed by atoms with van der Waals surface area (Å²) in [6.45, 7) is 18.4. The van der Waals surface area contributed by atoms with E-state index in [-0.39, 0.29) is 38.7 Å². The molecule has 2 aliphatic heterocycles. The summed E-state index contributed by atoms with van der Waals surface area (Å²) in [5, 5.41) is 17.2. The molecule has 5 rings (SSSR count). The molecule has 4 heterocycles. The predicted molar refractivity (Wildman–Crippen MR) is 251 cm³/mol. The Bertz CT molecular complexity index is 2460. The summed E-state index contributed by atoms with van der Waals surface area (Å²) in [4.78, 5) is 73.7. The number of aromatic nitrogens is 4. The number of amides is 1. The number of benzene rings is 1. The second kappa shape index (κ2) is 24.8. The zero-order chi connectivity index (χ0) is 50.8. The van der Waals surface area contributed by atoms with E-state index in [4.69, 9.17) is 28.4 Å². The fourth-order valence-electron chi connectivity index (χ4n) is 6.86. The Morgan fingerprint density at radius 1 is 0.794 bits per heavy atom. The van der Waals surface area contributed by atoms with Crippen LogP contribution in [0, 0.1) is 11.8 Å². The summed E-state index contributed by atoms with van der Waals surface area (Å²) >= 11 is 0. The first-order valence-electron chi connectivity index (χ1n) is 21.5. The van der Waals surface area contributed by atoms with Crippen molar-refractivity contribution in [1.29, 1.82) is 0 Å². The molecule has 21 nitrogen and oxygen atoms in total. The van der Waals surface area contributed by atoms with Crippen LogP contribution in [0.5, 0.6) is 5.75 Å². The van der Waals surface area contributed by atoms with Gasteiger partial charge in [-0.05, 0) is 53.7 Å². The van der Waals surface area contributed by atoms with E-state index in [0.29, 0.717) is 5.75 Å². The van der Waals surface area contributed by atoms with E-state index in [1.54, 1.807) is 58.9 Å². The van der Waals surface area contributed by atoms with Crippen LogP contribution >= 0.6 is 15.0 Å². The molecule has 2 aliphatic rings. The number of alkyl halides is 2. The summed E-state index contributed by atoms with van der Waals surface area (Å²) in [5.41, 5.74) is -6.47. The van der Waals surface area contributed by atoms with Crippen LogP contribution in [0.25, 0.3) is 0 Å². The van der Waals surface area contributed by atoms with Gasteiger partial charge in [-0.3, -0.25) is 52.5 Å². The van der Waals surface area contributed by atoms with E-state index >= 15 is 4.39 Å². The molecule has 1 aromatic carbocycles. The molecule has 2 fully saturated rings. The number of hydrogen-bond donors (Lipinski definition) is 6. The highest BCUT2D eigenvalue weighted by Crippen LogP contribution is 2.47. The molecule has 0 bridgehead atoms. The molecule has 68 heavy (non-hydrogen) atoms. The Balaban J connectivity index is 0.000000364. The number of H-pyrrole nitrogens is 2. The van der Waals surface area contributed by atoms with Gasteiger partial charge in [0.25, 0.3) is 18.6 Å². The van der Waals surface area contributed by atoms with Crippen LogP contribution in [0.3, 0.4) is 0 Å². The second-order valence-electron chi connectivity index (χ2n) is 17.4. The van der Waals surface area contributed by atoms with Gasteiger partial charge in [-0.15, -0.1) is 0 Å². The van der Waals surface area contributed by atoms with Crippen LogP contribution in [-0.4, -0.2) is 110 Å². The average molecular weight is 1010 g/mol. The van der Waals surface area contributed by atoms with Crippen molar-refractivity contribution in [2.45, 2.75) is 137 Å². The topological polar surface area (TPSA) is 280 Å². The molecule has 6 N–H and O–H groups in total. The summed E-state index contributed by atoms with van der Waals surface area (Å²) in [6.07, 6.45) is -1.92. The van der Waals surface area contributed by atoms with Gasteiger partial charge in [-0.25, -0.2) is 23.5 Å². The number of aliphatic hydroxyl groups is 1. The van der Waals surface area contributed by atoms with Crippen LogP contribution in [0.4, 0.5) is 8.78 Å². The van der Waals surface area contributed by atoms with Crippen LogP contribution < -0.4 is 42.5 Å². The zero-order valence-corrected chi connectivity index (χ0v) is 41.5. The van der Waals surface area contributed by atoms with Crippen LogP contribution in [0.2, 0.25) is 0 Å². The monoisotopic (exact) mass is 1010 g/mol. The maximum Gasteiger partial charge on any atom is 0.340 e. The number of aromatic amines is 2. The maximum atomic E-state index is 15.4. The van der Waals surface area contributed by atoms with Gasteiger partial charge in [-0.2, -0.15) is 0 Å². The molecular weight excluding hydrogens is 938 g/mol. The van der Waals surface area contributed by atoms with Crippen molar-refractivity contribution in [3.05, 3.63) is 96.5 Å².